The van der Waals surface area contributed by atoms with Gasteiger partial charge in [0.1, 0.15) is 10.7 Å². The van der Waals surface area contributed by atoms with E-state index in [1.165, 1.54) is 17.7 Å². The van der Waals surface area contributed by atoms with Gasteiger partial charge in [-0.15, -0.1) is 5.10 Å². The molecule has 0 aromatic carbocycles. The molecule has 7 heteroatoms. The summed E-state index contributed by atoms with van der Waals surface area (Å²) >= 11 is 1.16. The number of carbonyl (C=O) groups is 1. The molecule has 1 aliphatic carbocycles. The number of amides is 1. The Balaban J connectivity index is 1.58. The van der Waals surface area contributed by atoms with E-state index >= 15 is 0 Å². The summed E-state index contributed by atoms with van der Waals surface area (Å²) in [5, 5.41) is 6.96. The van der Waals surface area contributed by atoms with Crippen LogP contribution in [0, 0.1) is 6.92 Å². The van der Waals surface area contributed by atoms with Crippen LogP contribution in [0.2, 0.25) is 0 Å². The first-order valence-electron chi connectivity index (χ1n) is 8.13. The number of aromatic nitrogens is 4. The van der Waals surface area contributed by atoms with Crippen LogP contribution >= 0.6 is 11.5 Å². The quantitative estimate of drug-likeness (QED) is 0.876. The van der Waals surface area contributed by atoms with Gasteiger partial charge in [0.05, 0.1) is 5.69 Å². The summed E-state index contributed by atoms with van der Waals surface area (Å²) in [6.45, 7) is 4.64. The van der Waals surface area contributed by atoms with Crippen molar-refractivity contribution in [2.24, 2.45) is 0 Å². The van der Waals surface area contributed by atoms with Crippen LogP contribution in [0.1, 0.15) is 57.9 Å². The van der Waals surface area contributed by atoms with Crippen LogP contribution in [0.4, 0.5) is 0 Å². The van der Waals surface area contributed by atoms with Gasteiger partial charge in [-0.05, 0) is 49.7 Å². The number of fused-ring (bicyclic) bond motifs is 1. The number of nitrogens with one attached hydrogen (secondary N) is 1. The number of nitrogens with zero attached hydrogens (tertiary/aromatic N) is 4. The number of aryl methyl sites for hydroxylation is 3. The van der Waals surface area contributed by atoms with Crippen molar-refractivity contribution >= 4 is 17.4 Å². The first kappa shape index (κ1) is 16.0. The zero-order valence-electron chi connectivity index (χ0n) is 13.6. The van der Waals surface area contributed by atoms with E-state index in [-0.39, 0.29) is 5.91 Å². The number of carbonyl (C=O) groups excluding carboxylic acids is 1. The molecule has 2 aromatic heterocycles. The van der Waals surface area contributed by atoms with Crippen LogP contribution < -0.4 is 5.32 Å². The minimum Gasteiger partial charge on any atom is -0.351 e. The van der Waals surface area contributed by atoms with E-state index in [9.17, 15) is 4.79 Å². The van der Waals surface area contributed by atoms with Gasteiger partial charge in [-0.2, -0.15) is 0 Å². The van der Waals surface area contributed by atoms with Gasteiger partial charge in [0.15, 0.2) is 0 Å². The van der Waals surface area contributed by atoms with Crippen LogP contribution in [0.5, 0.6) is 0 Å². The number of hydrogen-bond acceptors (Lipinski definition) is 6. The molecule has 3 rings (SSSR count). The Morgan fingerprint density at radius 1 is 1.26 bits per heavy atom. The van der Waals surface area contributed by atoms with Crippen molar-refractivity contribution < 1.29 is 4.79 Å². The predicted molar refractivity (Wildman–Crippen MR) is 88.7 cm³/mol. The lowest BCUT2D eigenvalue weighted by Gasteiger charge is -2.07. The maximum Gasteiger partial charge on any atom is 0.264 e. The number of rotatable bonds is 6. The van der Waals surface area contributed by atoms with Crippen molar-refractivity contribution in [2.75, 3.05) is 6.54 Å². The SMILES string of the molecule is CCCc1nnsc1C(=O)NCCc1nc(C)c2c(n1)CCC2. The molecule has 2 aromatic rings. The van der Waals surface area contributed by atoms with Crippen molar-refractivity contribution in [1.82, 2.24) is 24.9 Å². The van der Waals surface area contributed by atoms with Gasteiger partial charge in [-0.25, -0.2) is 9.97 Å². The molecule has 0 unspecified atom stereocenters. The summed E-state index contributed by atoms with van der Waals surface area (Å²) in [5.74, 6) is 0.723. The average molecular weight is 331 g/mol. The second kappa shape index (κ2) is 7.12. The summed E-state index contributed by atoms with van der Waals surface area (Å²) in [5.41, 5.74) is 4.39. The molecule has 1 amide bonds. The highest BCUT2D eigenvalue weighted by molar-refractivity contribution is 7.08. The Labute approximate surface area is 139 Å². The molecule has 2 heterocycles. The highest BCUT2D eigenvalue weighted by Gasteiger charge is 2.18. The van der Waals surface area contributed by atoms with Crippen molar-refractivity contribution in [1.29, 1.82) is 0 Å². The molecular formula is C16H21N5OS. The Morgan fingerprint density at radius 3 is 2.96 bits per heavy atom. The smallest absolute Gasteiger partial charge is 0.264 e. The zero-order chi connectivity index (χ0) is 16.2. The van der Waals surface area contributed by atoms with Crippen LogP contribution in [0.3, 0.4) is 0 Å². The van der Waals surface area contributed by atoms with Gasteiger partial charge in [0.2, 0.25) is 0 Å². The molecule has 122 valence electrons. The lowest BCUT2D eigenvalue weighted by Crippen LogP contribution is -2.26. The molecular weight excluding hydrogens is 310 g/mol. The maximum atomic E-state index is 12.2. The van der Waals surface area contributed by atoms with Gasteiger partial charge in [0.25, 0.3) is 5.91 Å². The summed E-state index contributed by atoms with van der Waals surface area (Å²) in [7, 11) is 0. The highest BCUT2D eigenvalue weighted by atomic mass is 32.1. The fourth-order valence-corrected chi connectivity index (χ4v) is 3.57. The molecule has 0 saturated heterocycles. The number of hydrogen-bond donors (Lipinski definition) is 1. The first-order valence-corrected chi connectivity index (χ1v) is 8.91. The second-order valence-electron chi connectivity index (χ2n) is 5.81. The molecule has 1 aliphatic rings. The summed E-state index contributed by atoms with van der Waals surface area (Å²) < 4.78 is 3.89. The molecule has 0 aliphatic heterocycles. The largest absolute Gasteiger partial charge is 0.351 e. The predicted octanol–water partition coefficient (Wildman–Crippen LogP) is 2.05. The summed E-state index contributed by atoms with van der Waals surface area (Å²) in [6, 6.07) is 0. The minimum absolute atomic E-state index is 0.0960. The van der Waals surface area contributed by atoms with Gasteiger partial charge < -0.3 is 5.32 Å². The first-order chi connectivity index (χ1) is 11.2. The van der Waals surface area contributed by atoms with Crippen LogP contribution in [0.15, 0.2) is 0 Å². The van der Waals surface area contributed by atoms with E-state index < -0.39 is 0 Å². The Hall–Kier alpha value is -1.89. The summed E-state index contributed by atoms with van der Waals surface area (Å²) in [6.07, 6.45) is 5.70. The minimum atomic E-state index is -0.0960. The highest BCUT2D eigenvalue weighted by Crippen LogP contribution is 2.22. The van der Waals surface area contributed by atoms with Gasteiger partial charge >= 0.3 is 0 Å². The Morgan fingerprint density at radius 2 is 2.13 bits per heavy atom. The molecule has 0 atom stereocenters. The van der Waals surface area contributed by atoms with E-state index in [1.54, 1.807) is 0 Å². The molecule has 0 spiro atoms. The van der Waals surface area contributed by atoms with E-state index in [2.05, 4.69) is 31.8 Å². The summed E-state index contributed by atoms with van der Waals surface area (Å²) in [4.78, 5) is 22.1. The molecule has 23 heavy (non-hydrogen) atoms. The standard InChI is InChI=1S/C16H21N5OS/c1-3-5-13-15(23-21-20-13)16(22)17-9-8-14-18-10(2)11-6-4-7-12(11)19-14/h3-9H2,1-2H3,(H,17,22). The van der Waals surface area contributed by atoms with E-state index in [1.807, 2.05) is 6.92 Å². The lowest BCUT2D eigenvalue weighted by atomic mass is 10.2. The maximum absolute atomic E-state index is 12.2. The molecule has 0 saturated carbocycles. The van der Waals surface area contributed by atoms with E-state index in [0.717, 1.165) is 54.4 Å². The average Bonchev–Trinajstić information content (AvgIpc) is 3.16. The normalized spacial score (nSPS) is 13.1. The van der Waals surface area contributed by atoms with Crippen molar-refractivity contribution in [3.8, 4) is 0 Å². The Bertz CT molecular complexity index is 712. The van der Waals surface area contributed by atoms with Crippen LogP contribution in [-0.2, 0) is 25.7 Å². The Kier molecular flexibility index (Phi) is 4.95. The third-order valence-electron chi connectivity index (χ3n) is 4.07. The fourth-order valence-electron chi connectivity index (χ4n) is 2.94. The molecule has 0 bridgehead atoms. The topological polar surface area (TPSA) is 80.7 Å². The monoisotopic (exact) mass is 331 g/mol. The van der Waals surface area contributed by atoms with E-state index in [4.69, 9.17) is 0 Å². The third kappa shape index (κ3) is 3.55. The molecule has 0 fully saturated rings. The van der Waals surface area contributed by atoms with Crippen molar-refractivity contribution in [3.63, 3.8) is 0 Å². The molecule has 6 nitrogen and oxygen atoms in total. The molecule has 0 radical (unpaired) electrons. The van der Waals surface area contributed by atoms with Crippen molar-refractivity contribution in [3.05, 3.63) is 33.3 Å². The van der Waals surface area contributed by atoms with Gasteiger partial charge in [-0.1, -0.05) is 17.8 Å². The zero-order valence-corrected chi connectivity index (χ0v) is 14.4. The van der Waals surface area contributed by atoms with Gasteiger partial charge in [-0.3, -0.25) is 4.79 Å². The van der Waals surface area contributed by atoms with Crippen LogP contribution in [0.25, 0.3) is 0 Å². The molecule has 1 N–H and O–H groups in total. The van der Waals surface area contributed by atoms with Crippen molar-refractivity contribution in [2.45, 2.75) is 52.4 Å². The van der Waals surface area contributed by atoms with Crippen LogP contribution in [-0.4, -0.2) is 32.0 Å². The lowest BCUT2D eigenvalue weighted by molar-refractivity contribution is 0.0957. The van der Waals surface area contributed by atoms with Gasteiger partial charge in [0, 0.05) is 24.4 Å². The second-order valence-corrected chi connectivity index (χ2v) is 6.56. The van der Waals surface area contributed by atoms with E-state index in [0.29, 0.717) is 17.8 Å². The fraction of sp³-hybridized carbons (Fsp3) is 0.562. The third-order valence-corrected chi connectivity index (χ3v) is 4.84.